The van der Waals surface area contributed by atoms with Gasteiger partial charge < -0.3 is 11.1 Å². The summed E-state index contributed by atoms with van der Waals surface area (Å²) >= 11 is 1.49. The molecule has 3 nitrogen and oxygen atoms in total. The first-order valence-electron chi connectivity index (χ1n) is 4.52. The highest BCUT2D eigenvalue weighted by Gasteiger charge is 2.27. The van der Waals surface area contributed by atoms with Gasteiger partial charge >= 0.3 is 0 Å². The first kappa shape index (κ1) is 10.6. The van der Waals surface area contributed by atoms with Crippen molar-refractivity contribution in [2.45, 2.75) is 31.7 Å². The predicted octanol–water partition coefficient (Wildman–Crippen LogP) is 1.06. The molecule has 0 aromatic heterocycles. The van der Waals surface area contributed by atoms with Crippen molar-refractivity contribution < 1.29 is 4.79 Å². The van der Waals surface area contributed by atoms with E-state index < -0.39 is 0 Å². The molecule has 1 rings (SSSR count). The average molecular weight is 200 g/mol. The minimum absolute atomic E-state index is 0.101. The molecule has 1 heterocycles. The Labute approximate surface area is 83.1 Å². The number of carbonyl (C=O) groups is 1. The van der Waals surface area contributed by atoms with E-state index in [-0.39, 0.29) is 23.1 Å². The molecule has 13 heavy (non-hydrogen) atoms. The Morgan fingerprint density at radius 1 is 1.77 bits per heavy atom. The van der Waals surface area contributed by atoms with Crippen molar-refractivity contribution in [1.82, 2.24) is 5.32 Å². The van der Waals surface area contributed by atoms with E-state index in [1.54, 1.807) is 6.20 Å². The van der Waals surface area contributed by atoms with Crippen molar-refractivity contribution in [3.63, 3.8) is 0 Å². The number of Topliss-reactive ketones (excluding diaryl/α,β-unsaturated/α-hetero) is 1. The molecule has 0 aliphatic carbocycles. The Morgan fingerprint density at radius 2 is 2.46 bits per heavy atom. The lowest BCUT2D eigenvalue weighted by Gasteiger charge is -2.20. The summed E-state index contributed by atoms with van der Waals surface area (Å²) in [7, 11) is 0. The van der Waals surface area contributed by atoms with Crippen LogP contribution in [0.1, 0.15) is 20.3 Å². The van der Waals surface area contributed by atoms with Gasteiger partial charge in [-0.05, 0) is 11.3 Å². The third kappa shape index (κ3) is 2.48. The lowest BCUT2D eigenvalue weighted by molar-refractivity contribution is -0.121. The topological polar surface area (TPSA) is 55.1 Å². The molecule has 3 atom stereocenters. The van der Waals surface area contributed by atoms with E-state index in [9.17, 15) is 4.79 Å². The number of nitrogens with two attached hydrogens (primary N) is 1. The van der Waals surface area contributed by atoms with Gasteiger partial charge in [-0.2, -0.15) is 0 Å². The molecule has 1 aliphatic rings. The monoisotopic (exact) mass is 200 g/mol. The summed E-state index contributed by atoms with van der Waals surface area (Å²) < 4.78 is 0. The maximum atomic E-state index is 11.7. The van der Waals surface area contributed by atoms with Crippen LogP contribution in [0, 0.1) is 5.92 Å². The van der Waals surface area contributed by atoms with Crippen LogP contribution in [0.4, 0.5) is 0 Å². The summed E-state index contributed by atoms with van der Waals surface area (Å²) in [6, 6.07) is -0.338. The second kappa shape index (κ2) is 4.67. The minimum Gasteiger partial charge on any atom is -0.372 e. The Bertz CT molecular complexity index is 210. The smallest absolute Gasteiger partial charge is 0.182 e. The molecule has 0 saturated heterocycles. The number of thioether (sulfide) groups is 1. The first-order chi connectivity index (χ1) is 6.16. The zero-order valence-corrected chi connectivity index (χ0v) is 8.80. The maximum Gasteiger partial charge on any atom is 0.182 e. The van der Waals surface area contributed by atoms with Crippen LogP contribution in [-0.4, -0.2) is 17.2 Å². The lowest BCUT2D eigenvalue weighted by atomic mass is 9.96. The van der Waals surface area contributed by atoms with Crippen LogP contribution in [0.15, 0.2) is 11.6 Å². The molecule has 0 fully saturated rings. The van der Waals surface area contributed by atoms with E-state index in [2.05, 4.69) is 5.32 Å². The third-order valence-corrected chi connectivity index (χ3v) is 3.31. The average Bonchev–Trinajstić information content (AvgIpc) is 2.67. The van der Waals surface area contributed by atoms with E-state index in [0.29, 0.717) is 0 Å². The number of nitrogens with one attached hydrogen (secondary N) is 1. The largest absolute Gasteiger partial charge is 0.372 e. The van der Waals surface area contributed by atoms with Crippen LogP contribution in [0.3, 0.4) is 0 Å². The van der Waals surface area contributed by atoms with E-state index in [4.69, 9.17) is 5.73 Å². The first-order valence-corrected chi connectivity index (χ1v) is 5.47. The Hall–Kier alpha value is -0.480. The minimum atomic E-state index is -0.338. The number of ketones is 1. The normalized spacial score (nSPS) is 25.3. The number of hydrogen-bond donors (Lipinski definition) is 2. The highest BCUT2D eigenvalue weighted by Crippen LogP contribution is 2.19. The summed E-state index contributed by atoms with van der Waals surface area (Å²) in [6.45, 7) is 4.06. The van der Waals surface area contributed by atoms with Gasteiger partial charge in [-0.3, -0.25) is 4.79 Å². The highest BCUT2D eigenvalue weighted by molar-refractivity contribution is 8.03. The standard InChI is InChI=1S/C9H16N2OS/c1-3-6(2)7(10)8(12)9-11-4-5-13-9/h4-7,9,11H,3,10H2,1-2H3. The van der Waals surface area contributed by atoms with Gasteiger partial charge in [0.15, 0.2) is 5.78 Å². The molecular formula is C9H16N2OS. The van der Waals surface area contributed by atoms with Crippen LogP contribution in [0.2, 0.25) is 0 Å². The summed E-state index contributed by atoms with van der Waals surface area (Å²) in [5, 5.41) is 4.69. The lowest BCUT2D eigenvalue weighted by Crippen LogP contribution is -2.44. The quantitative estimate of drug-likeness (QED) is 0.712. The predicted molar refractivity (Wildman–Crippen MR) is 56.1 cm³/mol. The molecule has 3 N–H and O–H groups in total. The van der Waals surface area contributed by atoms with Crippen LogP contribution < -0.4 is 11.1 Å². The number of rotatable bonds is 4. The van der Waals surface area contributed by atoms with Crippen LogP contribution in [0.25, 0.3) is 0 Å². The molecule has 0 aromatic carbocycles. The Balaban J connectivity index is 2.46. The van der Waals surface area contributed by atoms with Gasteiger partial charge in [0.05, 0.1) is 6.04 Å². The molecule has 0 amide bonds. The van der Waals surface area contributed by atoms with Crippen LogP contribution >= 0.6 is 11.8 Å². The molecule has 74 valence electrons. The summed E-state index contributed by atoms with van der Waals surface area (Å²) in [6.07, 6.45) is 2.73. The van der Waals surface area contributed by atoms with Crippen molar-refractivity contribution in [2.24, 2.45) is 11.7 Å². The fraction of sp³-hybridized carbons (Fsp3) is 0.667. The zero-order chi connectivity index (χ0) is 9.84. The van der Waals surface area contributed by atoms with Gasteiger partial charge in [0.25, 0.3) is 0 Å². The van der Waals surface area contributed by atoms with Gasteiger partial charge in [-0.25, -0.2) is 0 Å². The fourth-order valence-corrected chi connectivity index (χ4v) is 1.90. The molecule has 0 radical (unpaired) electrons. The molecule has 0 bridgehead atoms. The molecule has 1 aliphatic heterocycles. The van der Waals surface area contributed by atoms with Crippen molar-refractivity contribution in [1.29, 1.82) is 0 Å². The van der Waals surface area contributed by atoms with Crippen molar-refractivity contribution in [3.8, 4) is 0 Å². The van der Waals surface area contributed by atoms with Crippen molar-refractivity contribution in [3.05, 3.63) is 11.6 Å². The fourth-order valence-electron chi connectivity index (χ4n) is 1.14. The second-order valence-corrected chi connectivity index (χ2v) is 4.31. The molecule has 4 heteroatoms. The maximum absolute atomic E-state index is 11.7. The summed E-state index contributed by atoms with van der Waals surface area (Å²) in [5.74, 6) is 0.361. The molecule has 0 saturated carbocycles. The second-order valence-electron chi connectivity index (χ2n) is 3.30. The Kier molecular flexibility index (Phi) is 3.81. The van der Waals surface area contributed by atoms with Crippen molar-refractivity contribution in [2.75, 3.05) is 0 Å². The van der Waals surface area contributed by atoms with Gasteiger partial charge in [-0.1, -0.05) is 32.0 Å². The van der Waals surface area contributed by atoms with Crippen LogP contribution in [-0.2, 0) is 4.79 Å². The van der Waals surface area contributed by atoms with Crippen molar-refractivity contribution >= 4 is 17.5 Å². The van der Waals surface area contributed by atoms with E-state index in [1.165, 1.54) is 11.8 Å². The van der Waals surface area contributed by atoms with Crippen LogP contribution in [0.5, 0.6) is 0 Å². The third-order valence-electron chi connectivity index (χ3n) is 2.37. The number of hydrogen-bond acceptors (Lipinski definition) is 4. The van der Waals surface area contributed by atoms with E-state index in [1.807, 2.05) is 19.3 Å². The number of carbonyl (C=O) groups excluding carboxylic acids is 1. The van der Waals surface area contributed by atoms with Gasteiger partial charge in [0, 0.05) is 6.20 Å². The summed E-state index contributed by atoms with van der Waals surface area (Å²) in [4.78, 5) is 11.7. The van der Waals surface area contributed by atoms with E-state index >= 15 is 0 Å². The zero-order valence-electron chi connectivity index (χ0n) is 7.99. The van der Waals surface area contributed by atoms with Gasteiger partial charge in [0.2, 0.25) is 0 Å². The molecular weight excluding hydrogens is 184 g/mol. The SMILES string of the molecule is CCC(C)C(N)C(=O)C1NC=CS1. The van der Waals surface area contributed by atoms with Gasteiger partial charge in [0.1, 0.15) is 5.37 Å². The Morgan fingerprint density at radius 3 is 2.92 bits per heavy atom. The highest BCUT2D eigenvalue weighted by atomic mass is 32.2. The summed E-state index contributed by atoms with van der Waals surface area (Å²) in [5.41, 5.74) is 5.82. The van der Waals surface area contributed by atoms with Gasteiger partial charge in [-0.15, -0.1) is 0 Å². The van der Waals surface area contributed by atoms with E-state index in [0.717, 1.165) is 6.42 Å². The molecule has 0 aromatic rings. The molecule has 0 spiro atoms. The molecule has 3 unspecified atom stereocenters.